The summed E-state index contributed by atoms with van der Waals surface area (Å²) in [7, 11) is 2.74. The van der Waals surface area contributed by atoms with Gasteiger partial charge in [-0.3, -0.25) is 18.7 Å². The monoisotopic (exact) mass is 366 g/mol. The maximum atomic E-state index is 12.7. The summed E-state index contributed by atoms with van der Waals surface area (Å²) in [6, 6.07) is 0. The van der Waals surface area contributed by atoms with E-state index in [9.17, 15) is 14.4 Å². The van der Waals surface area contributed by atoms with Gasteiger partial charge in [-0.15, -0.1) is 0 Å². The molecule has 2 aromatic heterocycles. The molecule has 0 saturated heterocycles. The number of methoxy groups -OCH3 is 1. The number of aryl methyl sites for hydroxylation is 1. The number of hydrogen-bond acceptors (Lipinski definition) is 7. The minimum Gasteiger partial charge on any atom is -0.468 e. The number of carbonyl (C=O) groups excluding carboxylic acids is 1. The Morgan fingerprint density at radius 3 is 2.44 bits per heavy atom. The first-order valence-corrected chi connectivity index (χ1v) is 8.78. The predicted molar refractivity (Wildman–Crippen MR) is 95.9 cm³/mol. The maximum Gasteiger partial charge on any atom is 0.332 e. The molecule has 0 aliphatic rings. The van der Waals surface area contributed by atoms with Gasteiger partial charge in [0.1, 0.15) is 21.5 Å². The van der Waals surface area contributed by atoms with Crippen LogP contribution in [0.5, 0.6) is 0 Å². The molecule has 9 heteroatoms. The van der Waals surface area contributed by atoms with Gasteiger partial charge in [-0.2, -0.15) is 0 Å². The summed E-state index contributed by atoms with van der Waals surface area (Å²) in [6.45, 7) is 7.75. The van der Waals surface area contributed by atoms with Gasteiger partial charge in [0.15, 0.2) is 5.65 Å². The summed E-state index contributed by atoms with van der Waals surface area (Å²) in [4.78, 5) is 45.6. The van der Waals surface area contributed by atoms with Crippen molar-refractivity contribution in [1.82, 2.24) is 19.1 Å². The highest BCUT2D eigenvalue weighted by molar-refractivity contribution is 8.00. The predicted octanol–water partition coefficient (Wildman–Crippen LogP) is 1.11. The number of rotatable bonds is 5. The largest absolute Gasteiger partial charge is 0.468 e. The van der Waals surface area contributed by atoms with Crippen LogP contribution in [0, 0.1) is 12.8 Å². The van der Waals surface area contributed by atoms with E-state index in [0.717, 1.165) is 16.3 Å². The quantitative estimate of drug-likeness (QED) is 0.444. The van der Waals surface area contributed by atoms with Gasteiger partial charge in [0.25, 0.3) is 5.56 Å². The molecule has 0 saturated carbocycles. The molecule has 0 N–H and O–H groups in total. The van der Waals surface area contributed by atoms with E-state index < -0.39 is 22.5 Å². The summed E-state index contributed by atoms with van der Waals surface area (Å²) in [6.07, 6.45) is 0. The number of carbonyl (C=O) groups is 1. The molecule has 2 aromatic rings. The minimum absolute atomic E-state index is 0.193. The van der Waals surface area contributed by atoms with Crippen LogP contribution in [0.25, 0.3) is 11.0 Å². The second-order valence-corrected chi connectivity index (χ2v) is 7.54. The van der Waals surface area contributed by atoms with Gasteiger partial charge in [0.2, 0.25) is 0 Å². The Bertz CT molecular complexity index is 932. The average Bonchev–Trinajstić information content (AvgIpc) is 2.55. The van der Waals surface area contributed by atoms with E-state index in [0.29, 0.717) is 23.0 Å². The molecule has 0 spiro atoms. The van der Waals surface area contributed by atoms with Gasteiger partial charge < -0.3 is 4.74 Å². The summed E-state index contributed by atoms with van der Waals surface area (Å²) < 4.78 is 7.28. The van der Waals surface area contributed by atoms with Crippen LogP contribution in [-0.4, -0.2) is 37.4 Å². The highest BCUT2D eigenvalue weighted by Gasteiger charge is 2.22. The summed E-state index contributed by atoms with van der Waals surface area (Å²) in [5.74, 6) is 0.206. The molecule has 1 atom stereocenters. The molecule has 2 rings (SSSR count). The molecule has 1 unspecified atom stereocenters. The van der Waals surface area contributed by atoms with Crippen LogP contribution in [0.2, 0.25) is 0 Å². The zero-order chi connectivity index (χ0) is 18.9. The minimum atomic E-state index is -0.544. The van der Waals surface area contributed by atoms with Crippen molar-refractivity contribution in [2.24, 2.45) is 13.0 Å². The number of thioether (sulfide) groups is 1. The van der Waals surface area contributed by atoms with Crippen LogP contribution < -0.4 is 11.2 Å². The van der Waals surface area contributed by atoms with Crippen LogP contribution in [0.4, 0.5) is 0 Å². The molecular formula is C16H22N4O4S. The average molecular weight is 366 g/mol. The lowest BCUT2D eigenvalue weighted by molar-refractivity contribution is -0.139. The smallest absolute Gasteiger partial charge is 0.332 e. The van der Waals surface area contributed by atoms with E-state index in [1.807, 2.05) is 13.8 Å². The molecule has 136 valence electrons. The van der Waals surface area contributed by atoms with Crippen LogP contribution in [0.15, 0.2) is 14.6 Å². The molecule has 0 radical (unpaired) electrons. The molecule has 0 aromatic carbocycles. The number of aromatic nitrogens is 4. The van der Waals surface area contributed by atoms with Crippen LogP contribution in [-0.2, 0) is 23.1 Å². The summed E-state index contributed by atoms with van der Waals surface area (Å²) >= 11 is 1.12. The van der Waals surface area contributed by atoms with E-state index in [1.165, 1.54) is 18.7 Å². The lowest BCUT2D eigenvalue weighted by atomic mass is 10.2. The van der Waals surface area contributed by atoms with E-state index in [1.54, 1.807) is 13.8 Å². The van der Waals surface area contributed by atoms with Crippen LogP contribution in [0.1, 0.15) is 26.6 Å². The number of hydrogen-bond donors (Lipinski definition) is 0. The first-order chi connectivity index (χ1) is 11.7. The van der Waals surface area contributed by atoms with Crippen molar-refractivity contribution in [1.29, 1.82) is 0 Å². The number of esters is 1. The van der Waals surface area contributed by atoms with Crippen molar-refractivity contribution in [3.05, 3.63) is 26.7 Å². The zero-order valence-electron chi connectivity index (χ0n) is 15.2. The first kappa shape index (κ1) is 19.2. The Morgan fingerprint density at radius 2 is 1.88 bits per heavy atom. The topological polar surface area (TPSA) is 96.1 Å². The molecule has 0 aliphatic heterocycles. The van der Waals surface area contributed by atoms with Crippen molar-refractivity contribution < 1.29 is 9.53 Å². The molecule has 0 amide bonds. The van der Waals surface area contributed by atoms with Gasteiger partial charge in [-0.25, -0.2) is 14.8 Å². The third-order valence-electron chi connectivity index (χ3n) is 3.63. The van der Waals surface area contributed by atoms with E-state index in [-0.39, 0.29) is 11.3 Å². The van der Waals surface area contributed by atoms with Crippen molar-refractivity contribution >= 4 is 28.8 Å². The molecule has 25 heavy (non-hydrogen) atoms. The van der Waals surface area contributed by atoms with E-state index >= 15 is 0 Å². The highest BCUT2D eigenvalue weighted by atomic mass is 32.2. The molecular weight excluding hydrogens is 344 g/mol. The van der Waals surface area contributed by atoms with Gasteiger partial charge in [-0.05, 0) is 19.8 Å². The number of nitrogens with zero attached hydrogens (tertiary/aromatic N) is 4. The van der Waals surface area contributed by atoms with Crippen molar-refractivity contribution in [3.63, 3.8) is 0 Å². The van der Waals surface area contributed by atoms with Crippen LogP contribution in [0.3, 0.4) is 0 Å². The third kappa shape index (κ3) is 3.76. The highest BCUT2D eigenvalue weighted by Crippen LogP contribution is 2.27. The Labute approximate surface area is 149 Å². The first-order valence-electron chi connectivity index (χ1n) is 7.90. The van der Waals surface area contributed by atoms with E-state index in [4.69, 9.17) is 4.74 Å². The molecule has 8 nitrogen and oxygen atoms in total. The normalized spacial score (nSPS) is 12.6. The Balaban J connectivity index is 2.81. The van der Waals surface area contributed by atoms with E-state index in [2.05, 4.69) is 9.97 Å². The molecule has 0 aliphatic carbocycles. The molecule has 0 bridgehead atoms. The summed E-state index contributed by atoms with van der Waals surface area (Å²) in [5.41, 5.74) is -0.588. The second-order valence-electron chi connectivity index (χ2n) is 6.21. The fourth-order valence-electron chi connectivity index (χ4n) is 2.44. The Hall–Kier alpha value is -2.16. The lowest BCUT2D eigenvalue weighted by Crippen LogP contribution is -2.39. The Morgan fingerprint density at radius 1 is 1.24 bits per heavy atom. The third-order valence-corrected chi connectivity index (χ3v) is 4.69. The SMILES string of the molecule is COC(=O)C(C)Sc1nc(C)nc2c1c(=O)n(C)c(=O)n2CC(C)C. The van der Waals surface area contributed by atoms with Crippen molar-refractivity contribution in [2.45, 2.75) is 44.5 Å². The standard InChI is InChI=1S/C16H22N4O4S/c1-8(2)7-20-12-11(14(21)19(5)16(20)23)13(18-10(4)17-12)25-9(3)15(22)24-6/h8-9H,7H2,1-6H3. The number of ether oxygens (including phenoxy) is 1. The van der Waals surface area contributed by atoms with Gasteiger partial charge in [-0.1, -0.05) is 25.6 Å². The second kappa shape index (κ2) is 7.38. The fraction of sp³-hybridized carbons (Fsp3) is 0.562. The Kier molecular flexibility index (Phi) is 5.66. The number of fused-ring (bicyclic) bond motifs is 1. The van der Waals surface area contributed by atoms with Gasteiger partial charge in [0.05, 0.1) is 7.11 Å². The van der Waals surface area contributed by atoms with Crippen molar-refractivity contribution in [2.75, 3.05) is 7.11 Å². The fourth-order valence-corrected chi connectivity index (χ4v) is 3.45. The van der Waals surface area contributed by atoms with Gasteiger partial charge in [0, 0.05) is 13.6 Å². The molecule has 2 heterocycles. The van der Waals surface area contributed by atoms with Crippen LogP contribution >= 0.6 is 11.8 Å². The van der Waals surface area contributed by atoms with Crippen molar-refractivity contribution in [3.8, 4) is 0 Å². The zero-order valence-corrected chi connectivity index (χ0v) is 16.0. The molecule has 0 fully saturated rings. The maximum absolute atomic E-state index is 12.7. The van der Waals surface area contributed by atoms with Gasteiger partial charge >= 0.3 is 11.7 Å². The lowest BCUT2D eigenvalue weighted by Gasteiger charge is -2.16. The summed E-state index contributed by atoms with van der Waals surface area (Å²) in [5, 5.41) is 0.0743.